The van der Waals surface area contributed by atoms with Gasteiger partial charge < -0.3 is 10.1 Å². The number of fused-ring (bicyclic) bond motifs is 1. The maximum Gasteiger partial charge on any atom is 0.240 e. The third-order valence-corrected chi connectivity index (χ3v) is 5.67. The molecule has 0 aliphatic carbocycles. The van der Waals surface area contributed by atoms with Gasteiger partial charge in [-0.3, -0.25) is 0 Å². The van der Waals surface area contributed by atoms with E-state index >= 15 is 0 Å². The van der Waals surface area contributed by atoms with E-state index in [-0.39, 0.29) is 29.4 Å². The second kappa shape index (κ2) is 6.93. The predicted molar refractivity (Wildman–Crippen MR) is 88.7 cm³/mol. The topological polar surface area (TPSA) is 67.4 Å². The van der Waals surface area contributed by atoms with Crippen LogP contribution in [0.25, 0.3) is 0 Å². The summed E-state index contributed by atoms with van der Waals surface area (Å²) in [6.45, 7) is 3.62. The summed E-state index contributed by atoms with van der Waals surface area (Å²) in [7, 11) is -3.54. The third kappa shape index (κ3) is 3.68. The zero-order valence-corrected chi connectivity index (χ0v) is 14.7. The monoisotopic (exact) mass is 366 g/mol. The van der Waals surface area contributed by atoms with Crippen LogP contribution in [-0.2, 0) is 16.4 Å². The Morgan fingerprint density at radius 2 is 2.00 bits per heavy atom. The van der Waals surface area contributed by atoms with E-state index in [1.54, 1.807) is 6.07 Å². The zero-order chi connectivity index (χ0) is 15.0. The lowest BCUT2D eigenvalue weighted by Crippen LogP contribution is -2.42. The first kappa shape index (κ1) is 17.8. The van der Waals surface area contributed by atoms with E-state index in [0.29, 0.717) is 17.2 Å². The van der Waals surface area contributed by atoms with Crippen molar-refractivity contribution in [2.24, 2.45) is 0 Å². The molecule has 1 atom stereocenters. The molecule has 0 amide bonds. The molecule has 0 aromatic heterocycles. The van der Waals surface area contributed by atoms with Crippen molar-refractivity contribution >= 4 is 34.0 Å². The highest BCUT2D eigenvalue weighted by molar-refractivity contribution is 7.89. The molecule has 2 aliphatic heterocycles. The van der Waals surface area contributed by atoms with Gasteiger partial charge in [0, 0.05) is 18.0 Å². The van der Waals surface area contributed by atoms with E-state index in [4.69, 9.17) is 16.3 Å². The van der Waals surface area contributed by atoms with Crippen LogP contribution < -0.4 is 14.8 Å². The molecule has 0 radical (unpaired) electrons. The molecule has 3 rings (SSSR count). The van der Waals surface area contributed by atoms with Crippen LogP contribution >= 0.6 is 24.0 Å². The van der Waals surface area contributed by atoms with Gasteiger partial charge in [0.05, 0.1) is 9.92 Å². The van der Waals surface area contributed by atoms with Crippen molar-refractivity contribution in [3.8, 4) is 5.75 Å². The van der Waals surface area contributed by atoms with Crippen LogP contribution in [0.4, 0.5) is 0 Å². The van der Waals surface area contributed by atoms with Crippen LogP contribution in [0.15, 0.2) is 17.0 Å². The van der Waals surface area contributed by atoms with Crippen LogP contribution in [0.2, 0.25) is 5.02 Å². The van der Waals surface area contributed by atoms with Gasteiger partial charge in [-0.2, -0.15) is 0 Å². The molecular weight excluding hydrogens is 347 g/mol. The summed E-state index contributed by atoms with van der Waals surface area (Å²) in [5, 5.41) is 3.58. The normalized spacial score (nSPS) is 21.8. The molecule has 1 unspecified atom stereocenters. The summed E-state index contributed by atoms with van der Waals surface area (Å²) >= 11 is 6.16. The van der Waals surface area contributed by atoms with Crippen LogP contribution in [-0.4, -0.2) is 33.7 Å². The lowest BCUT2D eigenvalue weighted by molar-refractivity contribution is 0.255. The molecule has 0 bridgehead atoms. The van der Waals surface area contributed by atoms with Crippen LogP contribution in [0.5, 0.6) is 5.75 Å². The Labute approximate surface area is 142 Å². The Hall–Kier alpha value is -0.530. The molecule has 1 aromatic rings. The summed E-state index contributed by atoms with van der Waals surface area (Å²) in [5.41, 5.74) is 0.862. The number of halogens is 2. The van der Waals surface area contributed by atoms with Crippen molar-refractivity contribution < 1.29 is 13.2 Å². The first-order chi connectivity index (χ1) is 9.95. The second-order valence-electron chi connectivity index (χ2n) is 5.67. The van der Waals surface area contributed by atoms with Gasteiger partial charge in [0.15, 0.2) is 0 Å². The summed E-state index contributed by atoms with van der Waals surface area (Å²) in [4.78, 5) is 0.225. The highest BCUT2D eigenvalue weighted by Crippen LogP contribution is 2.38. The van der Waals surface area contributed by atoms with Gasteiger partial charge in [-0.25, -0.2) is 13.1 Å². The standard InChI is InChI=1S/C14H19ClN2O3S.ClH/c1-9-6-10-7-12(8-13(15)14(10)20-9)21(18,19)17-11-2-4-16-5-3-11;/h7-9,11,16-17H,2-6H2,1H3;1H. The molecule has 1 saturated heterocycles. The quantitative estimate of drug-likeness (QED) is 0.859. The maximum absolute atomic E-state index is 12.5. The maximum atomic E-state index is 12.5. The largest absolute Gasteiger partial charge is 0.489 e. The summed E-state index contributed by atoms with van der Waals surface area (Å²) in [6, 6.07) is 3.13. The third-order valence-electron chi connectivity index (χ3n) is 3.89. The summed E-state index contributed by atoms with van der Waals surface area (Å²) < 4.78 is 33.4. The first-order valence-electron chi connectivity index (χ1n) is 7.18. The summed E-state index contributed by atoms with van der Waals surface area (Å²) in [6.07, 6.45) is 2.33. The lowest BCUT2D eigenvalue weighted by Gasteiger charge is -2.23. The Morgan fingerprint density at radius 1 is 1.32 bits per heavy atom. The molecule has 5 nitrogen and oxygen atoms in total. The molecule has 0 spiro atoms. The van der Waals surface area contributed by atoms with E-state index < -0.39 is 10.0 Å². The van der Waals surface area contributed by atoms with Crippen LogP contribution in [0.3, 0.4) is 0 Å². The highest BCUT2D eigenvalue weighted by Gasteiger charge is 2.27. The van der Waals surface area contributed by atoms with Gasteiger partial charge in [-0.05, 0) is 45.0 Å². The number of sulfonamides is 1. The number of rotatable bonds is 3. The van der Waals surface area contributed by atoms with E-state index in [0.717, 1.165) is 31.5 Å². The Morgan fingerprint density at radius 3 is 2.68 bits per heavy atom. The SMILES string of the molecule is CC1Cc2cc(S(=O)(=O)NC3CCNCC3)cc(Cl)c2O1.Cl. The molecule has 1 aromatic carbocycles. The van der Waals surface area contributed by atoms with Crippen LogP contribution in [0, 0.1) is 0 Å². The second-order valence-corrected chi connectivity index (χ2v) is 7.79. The number of piperidine rings is 1. The van der Waals surface area contributed by atoms with Crippen molar-refractivity contribution in [2.75, 3.05) is 13.1 Å². The molecule has 2 aliphatic rings. The molecule has 2 heterocycles. The van der Waals surface area contributed by atoms with Crippen molar-refractivity contribution in [2.45, 2.75) is 43.2 Å². The van der Waals surface area contributed by atoms with E-state index in [1.165, 1.54) is 6.07 Å². The summed E-state index contributed by atoms with van der Waals surface area (Å²) in [5.74, 6) is 0.616. The fraction of sp³-hybridized carbons (Fsp3) is 0.571. The van der Waals surface area contributed by atoms with Gasteiger partial charge in [-0.1, -0.05) is 11.6 Å². The van der Waals surface area contributed by atoms with Crippen molar-refractivity contribution in [3.63, 3.8) is 0 Å². The minimum absolute atomic E-state index is 0. The molecule has 1 fully saturated rings. The average molecular weight is 367 g/mol. The number of benzene rings is 1. The van der Waals surface area contributed by atoms with E-state index in [9.17, 15) is 8.42 Å². The van der Waals surface area contributed by atoms with Crippen molar-refractivity contribution in [3.05, 3.63) is 22.7 Å². The van der Waals surface area contributed by atoms with Gasteiger partial charge in [0.25, 0.3) is 0 Å². The Balaban J connectivity index is 0.00000176. The van der Waals surface area contributed by atoms with Gasteiger partial charge >= 0.3 is 0 Å². The molecular formula is C14H20Cl2N2O3S. The Kier molecular flexibility index (Phi) is 5.61. The first-order valence-corrected chi connectivity index (χ1v) is 9.04. The minimum atomic E-state index is -3.54. The average Bonchev–Trinajstić information content (AvgIpc) is 2.80. The minimum Gasteiger partial charge on any atom is -0.489 e. The number of nitrogens with one attached hydrogen (secondary N) is 2. The van der Waals surface area contributed by atoms with E-state index in [2.05, 4.69) is 10.0 Å². The molecule has 124 valence electrons. The van der Waals surface area contributed by atoms with Crippen LogP contribution in [0.1, 0.15) is 25.3 Å². The molecule has 8 heteroatoms. The molecule has 22 heavy (non-hydrogen) atoms. The fourth-order valence-corrected chi connectivity index (χ4v) is 4.57. The fourth-order valence-electron chi connectivity index (χ4n) is 2.84. The Bertz CT molecular complexity index is 646. The molecule has 2 N–H and O–H groups in total. The molecule has 0 saturated carbocycles. The smallest absolute Gasteiger partial charge is 0.240 e. The number of hydrogen-bond donors (Lipinski definition) is 2. The van der Waals surface area contributed by atoms with Crippen molar-refractivity contribution in [1.82, 2.24) is 10.0 Å². The van der Waals surface area contributed by atoms with E-state index in [1.807, 2.05) is 6.92 Å². The van der Waals surface area contributed by atoms with Gasteiger partial charge in [0.2, 0.25) is 10.0 Å². The highest BCUT2D eigenvalue weighted by atomic mass is 35.5. The van der Waals surface area contributed by atoms with Crippen molar-refractivity contribution in [1.29, 1.82) is 0 Å². The lowest BCUT2D eigenvalue weighted by atomic mass is 10.1. The van der Waals surface area contributed by atoms with Gasteiger partial charge in [0.1, 0.15) is 11.9 Å². The predicted octanol–water partition coefficient (Wildman–Crippen LogP) is 2.12. The van der Waals surface area contributed by atoms with Gasteiger partial charge in [-0.15, -0.1) is 12.4 Å². The number of ether oxygens (including phenoxy) is 1. The number of hydrogen-bond acceptors (Lipinski definition) is 4. The zero-order valence-electron chi connectivity index (χ0n) is 12.3.